The Morgan fingerprint density at radius 2 is 2.03 bits per heavy atom. The van der Waals surface area contributed by atoms with Crippen LogP contribution in [0, 0.1) is 0 Å². The Hall–Kier alpha value is -3.00. The van der Waals surface area contributed by atoms with Crippen molar-refractivity contribution in [3.05, 3.63) is 46.7 Å². The highest BCUT2D eigenvalue weighted by Gasteiger charge is 2.20. The van der Waals surface area contributed by atoms with Gasteiger partial charge in [0.15, 0.2) is 17.1 Å². The Morgan fingerprint density at radius 3 is 2.62 bits per heavy atom. The fraction of sp³-hybridized carbons (Fsp3) is 0.500. The molecule has 172 valence electrons. The van der Waals surface area contributed by atoms with E-state index < -0.39 is 0 Å². The average molecular weight is 439 g/mol. The van der Waals surface area contributed by atoms with Crippen molar-refractivity contribution >= 4 is 22.6 Å². The second-order valence-electron chi connectivity index (χ2n) is 8.70. The van der Waals surface area contributed by atoms with Crippen LogP contribution in [-0.2, 0) is 6.54 Å². The van der Waals surface area contributed by atoms with Gasteiger partial charge in [-0.2, -0.15) is 10.1 Å². The van der Waals surface area contributed by atoms with E-state index in [1.165, 1.54) is 0 Å². The van der Waals surface area contributed by atoms with Crippen LogP contribution in [0.1, 0.15) is 81.5 Å². The van der Waals surface area contributed by atoms with Gasteiger partial charge >= 0.3 is 0 Å². The van der Waals surface area contributed by atoms with Crippen molar-refractivity contribution in [1.82, 2.24) is 19.7 Å². The largest absolute Gasteiger partial charge is 0.394 e. The third-order valence-corrected chi connectivity index (χ3v) is 5.53. The molecule has 8 heteroatoms. The SMILES string of the molecule is CCC(CO)N=c1nc(NCc2cccc(C(C)=O)c2)c2n[nH]c(C(C)C)c2n1C(C)C. The highest BCUT2D eigenvalue weighted by molar-refractivity contribution is 5.94. The summed E-state index contributed by atoms with van der Waals surface area (Å²) in [7, 11) is 0. The van der Waals surface area contributed by atoms with Crippen LogP contribution < -0.4 is 10.9 Å². The molecule has 8 nitrogen and oxygen atoms in total. The molecular formula is C24H34N6O2. The molecule has 1 unspecified atom stereocenters. The van der Waals surface area contributed by atoms with E-state index in [1.807, 2.05) is 31.2 Å². The Morgan fingerprint density at radius 1 is 1.28 bits per heavy atom. The molecule has 0 spiro atoms. The minimum Gasteiger partial charge on any atom is -0.394 e. The lowest BCUT2D eigenvalue weighted by molar-refractivity contribution is 0.101. The van der Waals surface area contributed by atoms with Crippen molar-refractivity contribution < 1.29 is 9.90 Å². The van der Waals surface area contributed by atoms with E-state index in [0.717, 1.165) is 28.7 Å². The van der Waals surface area contributed by atoms with Gasteiger partial charge in [0.1, 0.15) is 0 Å². The number of aliphatic hydroxyl groups excluding tert-OH is 1. The lowest BCUT2D eigenvalue weighted by atomic mass is 10.1. The lowest BCUT2D eigenvalue weighted by Crippen LogP contribution is -2.30. The van der Waals surface area contributed by atoms with Gasteiger partial charge in [-0.15, -0.1) is 0 Å². The number of hydrogen-bond donors (Lipinski definition) is 3. The summed E-state index contributed by atoms with van der Waals surface area (Å²) in [5, 5.41) is 20.9. The zero-order chi connectivity index (χ0) is 23.4. The number of fused-ring (bicyclic) bond motifs is 1. The Kier molecular flexibility index (Phi) is 7.45. The van der Waals surface area contributed by atoms with Crippen molar-refractivity contribution in [2.45, 2.75) is 72.5 Å². The molecule has 2 heterocycles. The minimum absolute atomic E-state index is 0.0304. The summed E-state index contributed by atoms with van der Waals surface area (Å²) < 4.78 is 2.09. The van der Waals surface area contributed by atoms with Crippen LogP contribution in [0.5, 0.6) is 0 Å². The number of anilines is 1. The summed E-state index contributed by atoms with van der Waals surface area (Å²) in [5.74, 6) is 0.898. The first-order valence-electron chi connectivity index (χ1n) is 11.3. The van der Waals surface area contributed by atoms with E-state index in [-0.39, 0.29) is 30.4 Å². The molecule has 0 bridgehead atoms. The van der Waals surface area contributed by atoms with E-state index in [2.05, 4.69) is 47.8 Å². The standard InChI is InChI=1S/C24H34N6O2/c1-7-19(13-31)26-24-27-23(25-12-17-9-8-10-18(11-17)16(6)32)21-22(30(24)15(4)5)20(14(2)3)28-29-21/h8-11,14-15,19,31H,7,12-13H2,1-6H3,(H,28,29)(H,25,26,27). The van der Waals surface area contributed by atoms with Crippen LogP contribution in [-0.4, -0.2) is 43.3 Å². The van der Waals surface area contributed by atoms with E-state index >= 15 is 0 Å². The molecular weight excluding hydrogens is 404 g/mol. The Bertz CT molecular complexity index is 1150. The molecule has 0 aliphatic carbocycles. The van der Waals surface area contributed by atoms with Crippen molar-refractivity contribution in [2.24, 2.45) is 4.99 Å². The Labute approximate surface area is 188 Å². The first kappa shape index (κ1) is 23.7. The van der Waals surface area contributed by atoms with Gasteiger partial charge in [0.05, 0.1) is 23.9 Å². The number of nitrogens with zero attached hydrogens (tertiary/aromatic N) is 4. The minimum atomic E-state index is -0.223. The van der Waals surface area contributed by atoms with E-state index in [4.69, 9.17) is 9.98 Å². The van der Waals surface area contributed by atoms with Crippen molar-refractivity contribution in [3.63, 3.8) is 0 Å². The van der Waals surface area contributed by atoms with E-state index in [0.29, 0.717) is 23.5 Å². The van der Waals surface area contributed by atoms with Crippen molar-refractivity contribution in [1.29, 1.82) is 0 Å². The van der Waals surface area contributed by atoms with Crippen LogP contribution in [0.2, 0.25) is 0 Å². The molecule has 3 aromatic rings. The van der Waals surface area contributed by atoms with Crippen LogP contribution >= 0.6 is 0 Å². The number of nitrogens with one attached hydrogen (secondary N) is 2. The molecule has 3 N–H and O–H groups in total. The molecule has 2 aromatic heterocycles. The summed E-state index contributed by atoms with van der Waals surface area (Å²) in [6, 6.07) is 7.44. The molecule has 0 saturated heterocycles. The number of carbonyl (C=O) groups is 1. The molecule has 0 amide bonds. The predicted octanol–water partition coefficient (Wildman–Crippen LogP) is 3.95. The highest BCUT2D eigenvalue weighted by Crippen LogP contribution is 2.27. The first-order chi connectivity index (χ1) is 15.3. The molecule has 1 atom stereocenters. The summed E-state index contributed by atoms with van der Waals surface area (Å²) in [6.07, 6.45) is 0.720. The second kappa shape index (κ2) is 10.1. The zero-order valence-corrected chi connectivity index (χ0v) is 19.8. The summed E-state index contributed by atoms with van der Waals surface area (Å²) in [6.45, 7) is 12.5. The second-order valence-corrected chi connectivity index (χ2v) is 8.70. The first-order valence-corrected chi connectivity index (χ1v) is 11.3. The number of carbonyl (C=O) groups excluding carboxylic acids is 1. The lowest BCUT2D eigenvalue weighted by Gasteiger charge is -2.18. The third-order valence-electron chi connectivity index (χ3n) is 5.53. The Balaban J connectivity index is 2.16. The van der Waals surface area contributed by atoms with Crippen LogP contribution in [0.3, 0.4) is 0 Å². The monoisotopic (exact) mass is 438 g/mol. The summed E-state index contributed by atoms with van der Waals surface area (Å²) >= 11 is 0. The topological polar surface area (TPSA) is 108 Å². The number of ketones is 1. The van der Waals surface area contributed by atoms with Crippen molar-refractivity contribution in [2.75, 3.05) is 11.9 Å². The van der Waals surface area contributed by atoms with Crippen LogP contribution in [0.15, 0.2) is 29.3 Å². The summed E-state index contributed by atoms with van der Waals surface area (Å²) in [5.41, 5.74) is 4.97. The fourth-order valence-corrected chi connectivity index (χ4v) is 3.68. The van der Waals surface area contributed by atoms with Crippen molar-refractivity contribution in [3.8, 4) is 0 Å². The van der Waals surface area contributed by atoms with E-state index in [1.54, 1.807) is 6.92 Å². The number of H-pyrrole nitrogens is 1. The van der Waals surface area contributed by atoms with Gasteiger partial charge in [0.25, 0.3) is 0 Å². The highest BCUT2D eigenvalue weighted by atomic mass is 16.3. The number of aromatic amines is 1. The summed E-state index contributed by atoms with van der Waals surface area (Å²) in [4.78, 5) is 21.3. The van der Waals surface area contributed by atoms with Gasteiger partial charge in [0.2, 0.25) is 5.62 Å². The van der Waals surface area contributed by atoms with Gasteiger partial charge in [-0.3, -0.25) is 9.89 Å². The van der Waals surface area contributed by atoms with Gasteiger partial charge in [-0.05, 0) is 44.7 Å². The number of hydrogen-bond acceptors (Lipinski definition) is 6. The van der Waals surface area contributed by atoms with Crippen LogP contribution in [0.25, 0.3) is 11.0 Å². The molecule has 0 aliphatic rings. The zero-order valence-electron chi connectivity index (χ0n) is 19.8. The molecule has 0 saturated carbocycles. The maximum atomic E-state index is 11.7. The predicted molar refractivity (Wildman–Crippen MR) is 127 cm³/mol. The normalized spacial score (nSPS) is 13.3. The molecule has 3 rings (SSSR count). The van der Waals surface area contributed by atoms with Gasteiger partial charge < -0.3 is 15.0 Å². The number of aliphatic hydroxyl groups is 1. The number of aromatic nitrogens is 4. The quantitative estimate of drug-likeness (QED) is 0.438. The van der Waals surface area contributed by atoms with E-state index in [9.17, 15) is 9.90 Å². The maximum Gasteiger partial charge on any atom is 0.227 e. The van der Waals surface area contributed by atoms with Crippen LogP contribution in [0.4, 0.5) is 5.82 Å². The fourth-order valence-electron chi connectivity index (χ4n) is 3.68. The molecule has 0 fully saturated rings. The smallest absolute Gasteiger partial charge is 0.227 e. The molecule has 32 heavy (non-hydrogen) atoms. The van der Waals surface area contributed by atoms with Gasteiger partial charge in [-0.25, -0.2) is 4.99 Å². The number of benzene rings is 1. The molecule has 0 aliphatic heterocycles. The third kappa shape index (κ3) is 4.91. The molecule has 1 aromatic carbocycles. The maximum absolute atomic E-state index is 11.7. The number of rotatable bonds is 9. The van der Waals surface area contributed by atoms with Gasteiger partial charge in [0, 0.05) is 18.2 Å². The average Bonchev–Trinajstić information content (AvgIpc) is 3.20. The number of Topliss-reactive ketones (excluding diaryl/α,β-unsaturated/α-hetero) is 1. The molecule has 0 radical (unpaired) electrons. The van der Waals surface area contributed by atoms with Gasteiger partial charge in [-0.1, -0.05) is 39.0 Å².